The van der Waals surface area contributed by atoms with Gasteiger partial charge in [0.05, 0.1) is 0 Å². The molecule has 7 heteroatoms. The standard InChI is InChI=1S/C11H18N4O3/c1-4-5-6-9(16)13-12-8-7-10(17)15(3)11(18)14(8)2/h7,12H,4-6H2,1-3H3,(H,13,16). The Morgan fingerprint density at radius 2 is 1.94 bits per heavy atom. The fraction of sp³-hybridized carbons (Fsp3) is 0.545. The minimum Gasteiger partial charge on any atom is -0.283 e. The molecule has 0 atom stereocenters. The van der Waals surface area contributed by atoms with E-state index >= 15 is 0 Å². The zero-order chi connectivity index (χ0) is 13.7. The highest BCUT2D eigenvalue weighted by Crippen LogP contribution is 1.97. The van der Waals surface area contributed by atoms with Crippen molar-refractivity contribution in [2.45, 2.75) is 26.2 Å². The van der Waals surface area contributed by atoms with Crippen LogP contribution in [0.1, 0.15) is 26.2 Å². The molecule has 1 amide bonds. The molecule has 0 saturated carbocycles. The molecule has 1 rings (SSSR count). The van der Waals surface area contributed by atoms with E-state index < -0.39 is 11.2 Å². The van der Waals surface area contributed by atoms with Crippen molar-refractivity contribution < 1.29 is 4.79 Å². The van der Waals surface area contributed by atoms with E-state index in [1.165, 1.54) is 24.7 Å². The van der Waals surface area contributed by atoms with Crippen LogP contribution in [0, 0.1) is 0 Å². The second-order valence-corrected chi connectivity index (χ2v) is 4.05. The van der Waals surface area contributed by atoms with Crippen LogP contribution in [0.25, 0.3) is 0 Å². The topological polar surface area (TPSA) is 85.1 Å². The smallest absolute Gasteiger partial charge is 0.283 e. The number of rotatable bonds is 5. The minimum atomic E-state index is -0.451. The zero-order valence-corrected chi connectivity index (χ0v) is 10.8. The normalized spacial score (nSPS) is 10.2. The molecule has 0 aromatic carbocycles. The number of carbonyl (C=O) groups excluding carboxylic acids is 1. The molecular formula is C11H18N4O3. The van der Waals surface area contributed by atoms with E-state index in [1.54, 1.807) is 0 Å². The number of hydrogen-bond donors (Lipinski definition) is 2. The summed E-state index contributed by atoms with van der Waals surface area (Å²) in [6.45, 7) is 1.99. The number of nitrogens with zero attached hydrogens (tertiary/aromatic N) is 2. The number of aromatic nitrogens is 2. The van der Waals surface area contributed by atoms with Gasteiger partial charge in [-0.2, -0.15) is 0 Å². The Morgan fingerprint density at radius 1 is 1.28 bits per heavy atom. The Bertz CT molecular complexity index is 544. The number of hydrazine groups is 1. The lowest BCUT2D eigenvalue weighted by molar-refractivity contribution is -0.120. The number of nitrogens with one attached hydrogen (secondary N) is 2. The summed E-state index contributed by atoms with van der Waals surface area (Å²) in [7, 11) is 2.91. The van der Waals surface area contributed by atoms with Crippen LogP contribution < -0.4 is 22.1 Å². The van der Waals surface area contributed by atoms with Gasteiger partial charge in [0.25, 0.3) is 5.56 Å². The van der Waals surface area contributed by atoms with Crippen LogP contribution in [0.4, 0.5) is 5.82 Å². The maximum Gasteiger partial charge on any atom is 0.332 e. The molecule has 2 N–H and O–H groups in total. The van der Waals surface area contributed by atoms with Crippen LogP contribution in [0.5, 0.6) is 0 Å². The summed E-state index contributed by atoms with van der Waals surface area (Å²) in [4.78, 5) is 34.4. The van der Waals surface area contributed by atoms with Crippen LogP contribution in [0.2, 0.25) is 0 Å². The fourth-order valence-corrected chi connectivity index (χ4v) is 1.39. The molecule has 0 fully saturated rings. The van der Waals surface area contributed by atoms with Crippen molar-refractivity contribution in [3.8, 4) is 0 Å². The van der Waals surface area contributed by atoms with Gasteiger partial charge in [-0.1, -0.05) is 13.3 Å². The maximum absolute atomic E-state index is 11.6. The predicted octanol–water partition coefficient (Wildman–Crippen LogP) is -0.283. The van der Waals surface area contributed by atoms with Gasteiger partial charge in [0.2, 0.25) is 5.91 Å². The van der Waals surface area contributed by atoms with E-state index in [2.05, 4.69) is 10.9 Å². The quantitative estimate of drug-likeness (QED) is 0.708. The van der Waals surface area contributed by atoms with Gasteiger partial charge in [0, 0.05) is 26.6 Å². The van der Waals surface area contributed by atoms with Crippen molar-refractivity contribution in [3.63, 3.8) is 0 Å². The van der Waals surface area contributed by atoms with Gasteiger partial charge < -0.3 is 0 Å². The molecule has 1 heterocycles. The fourth-order valence-electron chi connectivity index (χ4n) is 1.39. The van der Waals surface area contributed by atoms with Crippen LogP contribution >= 0.6 is 0 Å². The Hall–Kier alpha value is -2.05. The number of anilines is 1. The molecule has 0 saturated heterocycles. The number of hydrogen-bond acceptors (Lipinski definition) is 4. The summed E-state index contributed by atoms with van der Waals surface area (Å²) in [5.41, 5.74) is 4.15. The average molecular weight is 254 g/mol. The van der Waals surface area contributed by atoms with Crippen molar-refractivity contribution in [2.24, 2.45) is 14.1 Å². The van der Waals surface area contributed by atoms with E-state index in [0.717, 1.165) is 17.4 Å². The van der Waals surface area contributed by atoms with E-state index in [1.807, 2.05) is 6.92 Å². The van der Waals surface area contributed by atoms with Crippen molar-refractivity contribution in [1.82, 2.24) is 14.6 Å². The minimum absolute atomic E-state index is 0.176. The van der Waals surface area contributed by atoms with Crippen LogP contribution in [0.15, 0.2) is 15.7 Å². The maximum atomic E-state index is 11.6. The molecule has 0 aliphatic rings. The molecule has 0 bridgehead atoms. The highest BCUT2D eigenvalue weighted by molar-refractivity contribution is 5.77. The first-order valence-corrected chi connectivity index (χ1v) is 5.79. The van der Waals surface area contributed by atoms with Crippen molar-refractivity contribution in [3.05, 3.63) is 26.9 Å². The first-order valence-electron chi connectivity index (χ1n) is 5.79. The summed E-state index contributed by atoms with van der Waals surface area (Å²) in [5.74, 6) is 0.0814. The van der Waals surface area contributed by atoms with Gasteiger partial charge >= 0.3 is 5.69 Å². The first kappa shape index (κ1) is 14.0. The Balaban J connectivity index is 2.78. The molecule has 1 aromatic heterocycles. The number of amides is 1. The Kier molecular flexibility index (Phi) is 4.70. The van der Waals surface area contributed by atoms with Crippen molar-refractivity contribution >= 4 is 11.7 Å². The molecule has 18 heavy (non-hydrogen) atoms. The van der Waals surface area contributed by atoms with Gasteiger partial charge in [0.15, 0.2) is 0 Å². The average Bonchev–Trinajstić information content (AvgIpc) is 2.36. The second-order valence-electron chi connectivity index (χ2n) is 4.05. The molecule has 100 valence electrons. The van der Waals surface area contributed by atoms with Gasteiger partial charge in [0.1, 0.15) is 5.82 Å². The van der Waals surface area contributed by atoms with Crippen LogP contribution in [0.3, 0.4) is 0 Å². The van der Waals surface area contributed by atoms with E-state index in [4.69, 9.17) is 0 Å². The summed E-state index contributed by atoms with van der Waals surface area (Å²) in [6, 6.07) is 1.25. The largest absolute Gasteiger partial charge is 0.332 e. The lowest BCUT2D eigenvalue weighted by atomic mass is 10.2. The SMILES string of the molecule is CCCCC(=O)NNc1cc(=O)n(C)c(=O)n1C. The zero-order valence-electron chi connectivity index (χ0n) is 10.8. The Morgan fingerprint density at radius 3 is 2.56 bits per heavy atom. The number of unbranched alkanes of at least 4 members (excludes halogenated alkanes) is 1. The molecule has 0 unspecified atom stereocenters. The molecule has 0 radical (unpaired) electrons. The molecule has 0 aliphatic carbocycles. The van der Waals surface area contributed by atoms with Gasteiger partial charge in [-0.15, -0.1) is 0 Å². The molecule has 0 spiro atoms. The monoisotopic (exact) mass is 254 g/mol. The van der Waals surface area contributed by atoms with Crippen molar-refractivity contribution in [2.75, 3.05) is 5.43 Å². The first-order chi connectivity index (χ1) is 8.47. The number of carbonyl (C=O) groups is 1. The molecule has 0 aliphatic heterocycles. The van der Waals surface area contributed by atoms with E-state index in [9.17, 15) is 14.4 Å². The lowest BCUT2D eigenvalue weighted by Gasteiger charge is -2.12. The molecule has 1 aromatic rings. The highest BCUT2D eigenvalue weighted by atomic mass is 16.2. The third-order valence-electron chi connectivity index (χ3n) is 2.61. The van der Waals surface area contributed by atoms with E-state index in [-0.39, 0.29) is 11.7 Å². The summed E-state index contributed by atoms with van der Waals surface area (Å²) in [5, 5.41) is 0. The highest BCUT2D eigenvalue weighted by Gasteiger charge is 2.06. The molecule has 7 nitrogen and oxygen atoms in total. The van der Waals surface area contributed by atoms with Crippen LogP contribution in [-0.4, -0.2) is 15.0 Å². The Labute approximate surface area is 104 Å². The predicted molar refractivity (Wildman–Crippen MR) is 68.2 cm³/mol. The third-order valence-corrected chi connectivity index (χ3v) is 2.61. The van der Waals surface area contributed by atoms with Crippen molar-refractivity contribution in [1.29, 1.82) is 0 Å². The van der Waals surface area contributed by atoms with Gasteiger partial charge in [-0.25, -0.2) is 4.79 Å². The van der Waals surface area contributed by atoms with E-state index in [0.29, 0.717) is 6.42 Å². The molecular weight excluding hydrogens is 236 g/mol. The summed E-state index contributed by atoms with van der Waals surface area (Å²) < 4.78 is 2.24. The summed E-state index contributed by atoms with van der Waals surface area (Å²) in [6.07, 6.45) is 2.13. The van der Waals surface area contributed by atoms with Gasteiger partial charge in [-0.3, -0.25) is 29.6 Å². The third kappa shape index (κ3) is 3.22. The summed E-state index contributed by atoms with van der Waals surface area (Å²) >= 11 is 0. The van der Waals surface area contributed by atoms with Gasteiger partial charge in [-0.05, 0) is 6.42 Å². The lowest BCUT2D eigenvalue weighted by Crippen LogP contribution is -2.40. The second kappa shape index (κ2) is 6.04. The van der Waals surface area contributed by atoms with Crippen LogP contribution in [-0.2, 0) is 18.9 Å².